The number of carbonyl (C=O) groups is 2. The quantitative estimate of drug-likeness (QED) is 0.826. The van der Waals surface area contributed by atoms with Crippen LogP contribution in [0, 0.1) is 0 Å². The van der Waals surface area contributed by atoms with E-state index in [4.69, 9.17) is 16.3 Å². The Hall–Kier alpha value is -2.53. The van der Waals surface area contributed by atoms with Gasteiger partial charge in [-0.25, -0.2) is 0 Å². The highest BCUT2D eigenvalue weighted by Gasteiger charge is 2.25. The number of nitrogens with zero attached hydrogens (tertiary/aromatic N) is 1. The molecule has 2 rings (SSSR count). The Labute approximate surface area is 152 Å². The third-order valence-corrected chi connectivity index (χ3v) is 4.00. The van der Waals surface area contributed by atoms with Crippen molar-refractivity contribution >= 4 is 23.4 Å². The lowest BCUT2D eigenvalue weighted by Crippen LogP contribution is -2.48. The second-order valence-electron chi connectivity index (χ2n) is 5.54. The number of carbonyl (C=O) groups excluding carboxylic acids is 2. The molecule has 132 valence electrons. The van der Waals surface area contributed by atoms with Crippen LogP contribution < -0.4 is 10.1 Å². The van der Waals surface area contributed by atoms with Crippen LogP contribution in [0.3, 0.4) is 0 Å². The van der Waals surface area contributed by atoms with Crippen LogP contribution in [0.5, 0.6) is 5.75 Å². The molecule has 1 N–H and O–H groups in total. The molecule has 0 aliphatic carbocycles. The molecule has 25 heavy (non-hydrogen) atoms. The summed E-state index contributed by atoms with van der Waals surface area (Å²) in [5.41, 5.74) is 0.939. The molecule has 6 heteroatoms. The second kappa shape index (κ2) is 9.08. The topological polar surface area (TPSA) is 58.6 Å². The van der Waals surface area contributed by atoms with Gasteiger partial charge < -0.3 is 15.0 Å². The van der Waals surface area contributed by atoms with Gasteiger partial charge in [0.1, 0.15) is 11.8 Å². The Morgan fingerprint density at radius 1 is 1.16 bits per heavy atom. The van der Waals surface area contributed by atoms with Gasteiger partial charge >= 0.3 is 0 Å². The Bertz CT molecular complexity index is 722. The van der Waals surface area contributed by atoms with Crippen LogP contribution in [0.4, 0.5) is 0 Å². The lowest BCUT2D eigenvalue weighted by molar-refractivity contribution is -0.142. The third-order valence-electron chi connectivity index (χ3n) is 3.77. The first-order chi connectivity index (χ1) is 12.0. The van der Waals surface area contributed by atoms with Crippen LogP contribution in [-0.4, -0.2) is 36.4 Å². The first-order valence-electron chi connectivity index (χ1n) is 7.94. The molecule has 0 spiro atoms. The third kappa shape index (κ3) is 5.50. The number of halogens is 1. The first-order valence-corrected chi connectivity index (χ1v) is 8.32. The van der Waals surface area contributed by atoms with Gasteiger partial charge in [-0.05, 0) is 30.7 Å². The van der Waals surface area contributed by atoms with E-state index in [1.807, 2.05) is 30.3 Å². The van der Waals surface area contributed by atoms with E-state index in [0.717, 1.165) is 5.56 Å². The first kappa shape index (κ1) is 18.8. The molecule has 0 unspecified atom stereocenters. The van der Waals surface area contributed by atoms with Crippen molar-refractivity contribution < 1.29 is 14.3 Å². The summed E-state index contributed by atoms with van der Waals surface area (Å²) in [5, 5.41) is 3.11. The molecule has 2 aromatic rings. The van der Waals surface area contributed by atoms with Crippen LogP contribution in [0.25, 0.3) is 0 Å². The van der Waals surface area contributed by atoms with Crippen molar-refractivity contribution in [2.75, 3.05) is 13.7 Å². The minimum atomic E-state index is -0.610. The molecule has 5 nitrogen and oxygen atoms in total. The highest BCUT2D eigenvalue weighted by molar-refractivity contribution is 6.30. The summed E-state index contributed by atoms with van der Waals surface area (Å²) in [7, 11) is 1.55. The summed E-state index contributed by atoms with van der Waals surface area (Å²) in [4.78, 5) is 26.2. The molecule has 0 radical (unpaired) electrons. The molecule has 0 aromatic heterocycles. The summed E-state index contributed by atoms with van der Waals surface area (Å²) in [6, 6.07) is 15.7. The SMILES string of the molecule is CNC(=O)[C@H](C)N(Cc1ccccc1)C(=O)COc1cccc(Cl)c1. The van der Waals surface area contributed by atoms with Crippen molar-refractivity contribution in [2.24, 2.45) is 0 Å². The number of nitrogens with one attached hydrogen (secondary N) is 1. The van der Waals surface area contributed by atoms with E-state index in [-0.39, 0.29) is 18.4 Å². The van der Waals surface area contributed by atoms with Crippen molar-refractivity contribution in [3.8, 4) is 5.75 Å². The van der Waals surface area contributed by atoms with E-state index in [9.17, 15) is 9.59 Å². The van der Waals surface area contributed by atoms with Gasteiger partial charge in [0.2, 0.25) is 5.91 Å². The number of amides is 2. The van der Waals surface area contributed by atoms with E-state index >= 15 is 0 Å². The normalized spacial score (nSPS) is 11.5. The van der Waals surface area contributed by atoms with Crippen molar-refractivity contribution in [1.82, 2.24) is 10.2 Å². The molecule has 0 saturated carbocycles. The van der Waals surface area contributed by atoms with Gasteiger partial charge in [0.05, 0.1) is 0 Å². The Morgan fingerprint density at radius 3 is 2.52 bits per heavy atom. The highest BCUT2D eigenvalue weighted by atomic mass is 35.5. The minimum absolute atomic E-state index is 0.172. The van der Waals surface area contributed by atoms with Crippen molar-refractivity contribution in [3.05, 3.63) is 65.2 Å². The average Bonchev–Trinajstić information content (AvgIpc) is 2.64. The van der Waals surface area contributed by atoms with Gasteiger partial charge in [-0.2, -0.15) is 0 Å². The smallest absolute Gasteiger partial charge is 0.261 e. The summed E-state index contributed by atoms with van der Waals surface area (Å²) < 4.78 is 5.52. The van der Waals surface area contributed by atoms with E-state index < -0.39 is 6.04 Å². The maximum Gasteiger partial charge on any atom is 0.261 e. The van der Waals surface area contributed by atoms with Crippen LogP contribution in [0.2, 0.25) is 5.02 Å². The number of ether oxygens (including phenoxy) is 1. The van der Waals surface area contributed by atoms with Gasteiger partial charge in [0.25, 0.3) is 5.91 Å². The Balaban J connectivity index is 2.10. The van der Waals surface area contributed by atoms with Crippen molar-refractivity contribution in [2.45, 2.75) is 19.5 Å². The standard InChI is InChI=1S/C19H21ClN2O3/c1-14(19(24)21-2)22(12-15-7-4-3-5-8-15)18(23)13-25-17-10-6-9-16(20)11-17/h3-11,14H,12-13H2,1-2H3,(H,21,24)/t14-/m0/s1. The Kier molecular flexibility index (Phi) is 6.83. The predicted octanol–water partition coefficient (Wildman–Crippen LogP) is 2.88. The number of hydrogen-bond donors (Lipinski definition) is 1. The van der Waals surface area contributed by atoms with Gasteiger partial charge in [-0.1, -0.05) is 48.0 Å². The molecule has 2 aromatic carbocycles. The average molecular weight is 361 g/mol. The highest BCUT2D eigenvalue weighted by Crippen LogP contribution is 2.17. The number of likely N-dealkylation sites (N-methyl/N-ethyl adjacent to an activating group) is 1. The van der Waals surface area contributed by atoms with Crippen molar-refractivity contribution in [1.29, 1.82) is 0 Å². The molecule has 0 heterocycles. The molecule has 0 aliphatic heterocycles. The molecule has 0 aliphatic rings. The van der Waals surface area contributed by atoms with E-state index in [1.165, 1.54) is 4.90 Å². The Morgan fingerprint density at radius 2 is 1.88 bits per heavy atom. The molecular formula is C19H21ClN2O3. The van der Waals surface area contributed by atoms with Gasteiger partial charge in [0, 0.05) is 18.6 Å². The van der Waals surface area contributed by atoms with Crippen LogP contribution in [-0.2, 0) is 16.1 Å². The summed E-state index contributed by atoms with van der Waals surface area (Å²) >= 11 is 5.91. The molecule has 2 amide bonds. The van der Waals surface area contributed by atoms with Gasteiger partial charge in [-0.3, -0.25) is 9.59 Å². The molecule has 0 bridgehead atoms. The molecule has 0 saturated heterocycles. The number of hydrogen-bond acceptors (Lipinski definition) is 3. The lowest BCUT2D eigenvalue weighted by Gasteiger charge is -2.28. The maximum absolute atomic E-state index is 12.7. The zero-order valence-electron chi connectivity index (χ0n) is 14.2. The van der Waals surface area contributed by atoms with Crippen LogP contribution >= 0.6 is 11.6 Å². The summed E-state index contributed by atoms with van der Waals surface area (Å²) in [5.74, 6) is 0.0000671. The monoisotopic (exact) mass is 360 g/mol. The van der Waals surface area contributed by atoms with E-state index in [2.05, 4.69) is 5.32 Å². The summed E-state index contributed by atoms with van der Waals surface area (Å²) in [6.07, 6.45) is 0. The molecule has 0 fully saturated rings. The number of benzene rings is 2. The fourth-order valence-corrected chi connectivity index (χ4v) is 2.54. The predicted molar refractivity (Wildman–Crippen MR) is 97.5 cm³/mol. The zero-order valence-corrected chi connectivity index (χ0v) is 15.0. The van der Waals surface area contributed by atoms with E-state index in [0.29, 0.717) is 17.3 Å². The molecular weight excluding hydrogens is 340 g/mol. The van der Waals surface area contributed by atoms with Crippen LogP contribution in [0.15, 0.2) is 54.6 Å². The van der Waals surface area contributed by atoms with E-state index in [1.54, 1.807) is 38.2 Å². The van der Waals surface area contributed by atoms with Crippen molar-refractivity contribution in [3.63, 3.8) is 0 Å². The fraction of sp³-hybridized carbons (Fsp3) is 0.263. The fourth-order valence-electron chi connectivity index (χ4n) is 2.36. The zero-order chi connectivity index (χ0) is 18.2. The number of rotatable bonds is 7. The lowest BCUT2D eigenvalue weighted by atomic mass is 10.1. The molecule has 1 atom stereocenters. The minimum Gasteiger partial charge on any atom is -0.484 e. The van der Waals surface area contributed by atoms with Crippen LogP contribution in [0.1, 0.15) is 12.5 Å². The van der Waals surface area contributed by atoms with Gasteiger partial charge in [0.15, 0.2) is 6.61 Å². The summed E-state index contributed by atoms with van der Waals surface area (Å²) in [6.45, 7) is 1.85. The largest absolute Gasteiger partial charge is 0.484 e. The van der Waals surface area contributed by atoms with Gasteiger partial charge in [-0.15, -0.1) is 0 Å². The maximum atomic E-state index is 12.7. The second-order valence-corrected chi connectivity index (χ2v) is 5.98.